The lowest BCUT2D eigenvalue weighted by molar-refractivity contribution is -0.705. The smallest absolute Gasteiger partial charge is 0.234 e. The van der Waals surface area contributed by atoms with E-state index in [2.05, 4.69) is 56.1 Å². The Morgan fingerprint density at radius 2 is 1.17 bits per heavy atom. The Kier molecular flexibility index (Phi) is 15.3. The number of nitrogens with zero attached hydrogens (tertiary/aromatic N) is 2. The summed E-state index contributed by atoms with van der Waals surface area (Å²) >= 11 is 0. The lowest BCUT2D eigenvalue weighted by Crippen LogP contribution is -2.38. The summed E-state index contributed by atoms with van der Waals surface area (Å²) in [6.07, 6.45) is 27.2. The normalized spacial score (nSPS) is 12.8. The molecular weight excluding hydrogens is 352 g/mol. The van der Waals surface area contributed by atoms with E-state index in [1.807, 2.05) is 0 Å². The van der Waals surface area contributed by atoms with E-state index in [0.29, 0.717) is 12.0 Å². The Morgan fingerprint density at radius 1 is 0.690 bits per heavy atom. The highest BCUT2D eigenvalue weighted by Gasteiger charge is 2.23. The van der Waals surface area contributed by atoms with Crippen LogP contribution in [0.1, 0.15) is 155 Å². The van der Waals surface area contributed by atoms with Crippen LogP contribution < -0.4 is 4.57 Å². The fourth-order valence-corrected chi connectivity index (χ4v) is 4.68. The van der Waals surface area contributed by atoms with Gasteiger partial charge in [0, 0.05) is 0 Å². The Hall–Kier alpha value is -0.790. The van der Waals surface area contributed by atoms with Crippen LogP contribution in [-0.2, 0) is 6.54 Å². The van der Waals surface area contributed by atoms with Crippen molar-refractivity contribution in [3.8, 4) is 0 Å². The van der Waals surface area contributed by atoms with Gasteiger partial charge in [-0.05, 0) is 26.2 Å². The van der Waals surface area contributed by atoms with E-state index in [1.54, 1.807) is 0 Å². The van der Waals surface area contributed by atoms with E-state index >= 15 is 0 Å². The zero-order valence-corrected chi connectivity index (χ0v) is 20.7. The highest BCUT2D eigenvalue weighted by Crippen LogP contribution is 2.20. The summed E-state index contributed by atoms with van der Waals surface area (Å²) in [5.41, 5.74) is 0. The molecule has 0 spiro atoms. The van der Waals surface area contributed by atoms with Crippen molar-refractivity contribution in [2.24, 2.45) is 0 Å². The first-order valence-electron chi connectivity index (χ1n) is 13.2. The first-order chi connectivity index (χ1) is 14.1. The van der Waals surface area contributed by atoms with Gasteiger partial charge in [0.1, 0.15) is 12.4 Å². The molecule has 0 fully saturated rings. The highest BCUT2D eigenvalue weighted by molar-refractivity contribution is 4.92. The second-order valence-electron chi connectivity index (χ2n) is 9.65. The van der Waals surface area contributed by atoms with Crippen LogP contribution in [0.5, 0.6) is 0 Å². The summed E-state index contributed by atoms with van der Waals surface area (Å²) in [6.45, 7) is 12.8. The van der Waals surface area contributed by atoms with Gasteiger partial charge in [-0.15, -0.1) is 0 Å². The van der Waals surface area contributed by atoms with Crippen LogP contribution in [0.15, 0.2) is 12.4 Å². The number of imidazole rings is 1. The van der Waals surface area contributed by atoms with Crippen molar-refractivity contribution < 1.29 is 4.57 Å². The standard InChI is InChI=1S/C27H53N2/c1-6-8-9-10-11-12-13-14-15-16-17-18-19-20-22-28-23-24-29(26(5)21-7-2)27(28)25(3)4/h23-26H,6-22H2,1-5H3/q+1. The van der Waals surface area contributed by atoms with Gasteiger partial charge in [0.25, 0.3) is 5.82 Å². The van der Waals surface area contributed by atoms with Gasteiger partial charge in [0.05, 0.1) is 18.5 Å². The minimum absolute atomic E-state index is 0.593. The fourth-order valence-electron chi connectivity index (χ4n) is 4.68. The topological polar surface area (TPSA) is 8.81 Å². The predicted molar refractivity (Wildman–Crippen MR) is 129 cm³/mol. The summed E-state index contributed by atoms with van der Waals surface area (Å²) < 4.78 is 5.05. The van der Waals surface area contributed by atoms with Gasteiger partial charge in [-0.2, -0.15) is 0 Å². The molecule has 29 heavy (non-hydrogen) atoms. The van der Waals surface area contributed by atoms with Crippen molar-refractivity contribution in [2.75, 3.05) is 0 Å². The van der Waals surface area contributed by atoms with Gasteiger partial charge in [-0.3, -0.25) is 0 Å². The highest BCUT2D eigenvalue weighted by atomic mass is 15.2. The SMILES string of the molecule is CCCCCCCCCCCCCCCC[n+]1ccn(C(C)CCC)c1C(C)C. The van der Waals surface area contributed by atoms with Crippen molar-refractivity contribution in [1.82, 2.24) is 4.57 Å². The molecule has 0 amide bonds. The predicted octanol–water partition coefficient (Wildman–Crippen LogP) is 8.74. The second kappa shape index (κ2) is 16.9. The number of rotatable bonds is 19. The molecule has 1 rings (SSSR count). The number of aromatic nitrogens is 2. The Balaban J connectivity index is 2.09. The molecule has 1 aromatic heterocycles. The molecule has 1 aromatic rings. The molecule has 0 saturated heterocycles. The molecule has 170 valence electrons. The Bertz CT molecular complexity index is 489. The molecule has 0 aliphatic rings. The zero-order valence-electron chi connectivity index (χ0n) is 20.7. The summed E-state index contributed by atoms with van der Waals surface area (Å²) in [7, 11) is 0. The van der Waals surface area contributed by atoms with Gasteiger partial charge in [0.2, 0.25) is 0 Å². The van der Waals surface area contributed by atoms with Crippen LogP contribution in [0.25, 0.3) is 0 Å². The fraction of sp³-hybridized carbons (Fsp3) is 0.889. The van der Waals surface area contributed by atoms with Crippen molar-refractivity contribution >= 4 is 0 Å². The second-order valence-corrected chi connectivity index (χ2v) is 9.65. The molecule has 1 unspecified atom stereocenters. The molecule has 0 bridgehead atoms. The maximum Gasteiger partial charge on any atom is 0.259 e. The average Bonchev–Trinajstić information content (AvgIpc) is 3.13. The van der Waals surface area contributed by atoms with E-state index in [9.17, 15) is 0 Å². The lowest BCUT2D eigenvalue weighted by Gasteiger charge is -2.13. The van der Waals surface area contributed by atoms with Gasteiger partial charge in [-0.25, -0.2) is 9.13 Å². The van der Waals surface area contributed by atoms with Crippen molar-refractivity contribution in [3.63, 3.8) is 0 Å². The molecule has 0 N–H and O–H groups in total. The van der Waals surface area contributed by atoms with Crippen LogP contribution in [0.3, 0.4) is 0 Å². The zero-order chi connectivity index (χ0) is 21.3. The Morgan fingerprint density at radius 3 is 1.62 bits per heavy atom. The summed E-state index contributed by atoms with van der Waals surface area (Å²) in [4.78, 5) is 0. The van der Waals surface area contributed by atoms with E-state index < -0.39 is 0 Å². The third-order valence-corrected chi connectivity index (χ3v) is 6.42. The number of hydrogen-bond donors (Lipinski definition) is 0. The van der Waals surface area contributed by atoms with E-state index in [4.69, 9.17) is 0 Å². The largest absolute Gasteiger partial charge is 0.259 e. The number of hydrogen-bond acceptors (Lipinski definition) is 0. The minimum Gasteiger partial charge on any atom is -0.234 e. The van der Waals surface area contributed by atoms with Crippen LogP contribution in [0.2, 0.25) is 0 Å². The van der Waals surface area contributed by atoms with Gasteiger partial charge >= 0.3 is 0 Å². The first-order valence-corrected chi connectivity index (χ1v) is 13.2. The molecular formula is C27H53N2+. The van der Waals surface area contributed by atoms with Crippen LogP contribution in [0, 0.1) is 0 Å². The van der Waals surface area contributed by atoms with Crippen molar-refractivity contribution in [3.05, 3.63) is 18.2 Å². The molecule has 2 heteroatoms. The molecule has 2 nitrogen and oxygen atoms in total. The summed E-state index contributed by atoms with van der Waals surface area (Å²) in [6, 6.07) is 0.620. The third kappa shape index (κ3) is 11.2. The first kappa shape index (κ1) is 26.2. The third-order valence-electron chi connectivity index (χ3n) is 6.42. The molecule has 0 saturated carbocycles. The van der Waals surface area contributed by atoms with E-state index in [-0.39, 0.29) is 0 Å². The molecule has 0 aliphatic carbocycles. The van der Waals surface area contributed by atoms with Crippen molar-refractivity contribution in [1.29, 1.82) is 0 Å². The maximum absolute atomic E-state index is 2.53. The average molecular weight is 406 g/mol. The van der Waals surface area contributed by atoms with E-state index in [0.717, 1.165) is 0 Å². The van der Waals surface area contributed by atoms with Crippen LogP contribution in [0.4, 0.5) is 0 Å². The maximum atomic E-state index is 2.53. The number of aryl methyl sites for hydroxylation is 1. The van der Waals surface area contributed by atoms with Gasteiger partial charge in [-0.1, -0.05) is 111 Å². The summed E-state index contributed by atoms with van der Waals surface area (Å²) in [5.74, 6) is 2.11. The molecule has 0 aromatic carbocycles. The monoisotopic (exact) mass is 405 g/mol. The molecule has 1 atom stereocenters. The lowest BCUT2D eigenvalue weighted by atomic mass is 10.0. The van der Waals surface area contributed by atoms with E-state index in [1.165, 1.54) is 115 Å². The van der Waals surface area contributed by atoms with Crippen LogP contribution >= 0.6 is 0 Å². The van der Waals surface area contributed by atoms with Gasteiger partial charge < -0.3 is 0 Å². The quantitative estimate of drug-likeness (QED) is 0.161. The number of unbranched alkanes of at least 4 members (excludes halogenated alkanes) is 13. The Labute approximate surface area is 183 Å². The van der Waals surface area contributed by atoms with Gasteiger partial charge in [0.15, 0.2) is 0 Å². The van der Waals surface area contributed by atoms with Crippen molar-refractivity contribution in [2.45, 2.75) is 156 Å². The molecule has 0 aliphatic heterocycles. The molecule has 1 heterocycles. The summed E-state index contributed by atoms with van der Waals surface area (Å²) in [5, 5.41) is 0. The minimum atomic E-state index is 0.593. The molecule has 0 radical (unpaired) electrons. The van der Waals surface area contributed by atoms with Crippen LogP contribution in [-0.4, -0.2) is 4.57 Å².